The van der Waals surface area contributed by atoms with Gasteiger partial charge in [0, 0.05) is 0 Å². The fraction of sp³-hybridized carbons (Fsp3) is 0.600. The summed E-state index contributed by atoms with van der Waals surface area (Å²) in [5.74, 6) is 0. The quantitative estimate of drug-likeness (QED) is 0.359. The summed E-state index contributed by atoms with van der Waals surface area (Å²) >= 11 is 0. The van der Waals surface area contributed by atoms with Crippen LogP contribution in [0.15, 0.2) is 5.16 Å². The second kappa shape index (κ2) is 3.95. The minimum absolute atomic E-state index is 0.590. The van der Waals surface area contributed by atoms with Crippen LogP contribution in [0, 0.1) is 0 Å². The highest BCUT2D eigenvalue weighted by Crippen LogP contribution is 2.16. The number of carbonyl (C=O) groups excluding carboxylic acids is 1. The van der Waals surface area contributed by atoms with Crippen molar-refractivity contribution in [1.29, 1.82) is 0 Å². The molecule has 0 heterocycles. The van der Waals surface area contributed by atoms with E-state index in [1.54, 1.807) is 0 Å². The molecule has 0 aliphatic carbocycles. The molecule has 3 nitrogen and oxygen atoms in total. The number of alkyl halides is 3. The molecule has 6 heteroatoms. The SMILES string of the molecule is C/C(=N\OC[C]=O)C(F)(F)F. The summed E-state index contributed by atoms with van der Waals surface area (Å²) in [6, 6.07) is 0. The molecule has 0 aromatic rings. The average Bonchev–Trinajstić information content (AvgIpc) is 1.86. The van der Waals surface area contributed by atoms with Crippen LogP contribution in [0.3, 0.4) is 0 Å². The summed E-state index contributed by atoms with van der Waals surface area (Å²) < 4.78 is 34.7. The zero-order chi connectivity index (χ0) is 8.91. The fourth-order valence-corrected chi connectivity index (χ4v) is 0.207. The number of hydrogen-bond donors (Lipinski definition) is 0. The van der Waals surface area contributed by atoms with Gasteiger partial charge in [0.25, 0.3) is 0 Å². The highest BCUT2D eigenvalue weighted by atomic mass is 19.4. The predicted octanol–water partition coefficient (Wildman–Crippen LogP) is 1.05. The summed E-state index contributed by atoms with van der Waals surface area (Å²) in [4.78, 5) is 13.4. The van der Waals surface area contributed by atoms with Crippen molar-refractivity contribution >= 4 is 12.0 Å². The second-order valence-electron chi connectivity index (χ2n) is 1.59. The van der Waals surface area contributed by atoms with Gasteiger partial charge in [-0.25, -0.2) is 0 Å². The lowest BCUT2D eigenvalue weighted by Gasteiger charge is -2.02. The highest BCUT2D eigenvalue weighted by molar-refractivity contribution is 5.86. The molecule has 0 saturated heterocycles. The maximum absolute atomic E-state index is 11.6. The molecule has 0 unspecified atom stereocenters. The molecule has 0 aromatic carbocycles. The maximum Gasteiger partial charge on any atom is 0.432 e. The monoisotopic (exact) mass is 168 g/mol. The van der Waals surface area contributed by atoms with Gasteiger partial charge in [0.05, 0.1) is 0 Å². The van der Waals surface area contributed by atoms with Crippen molar-refractivity contribution in [1.82, 2.24) is 0 Å². The van der Waals surface area contributed by atoms with Crippen LogP contribution in [0.4, 0.5) is 13.2 Å². The van der Waals surface area contributed by atoms with E-state index in [1.807, 2.05) is 0 Å². The molecule has 0 aromatic heterocycles. The standard InChI is InChI=1S/C5H5F3NO2/c1-4(5(6,7)8)9-11-3-2-10/h3H2,1H3/b9-4+. The minimum atomic E-state index is -4.50. The van der Waals surface area contributed by atoms with Crippen molar-refractivity contribution in [2.24, 2.45) is 5.16 Å². The molecule has 0 bridgehead atoms. The zero-order valence-corrected chi connectivity index (χ0v) is 5.60. The smallest absolute Gasteiger partial charge is 0.387 e. The third-order valence-corrected chi connectivity index (χ3v) is 0.735. The first-order chi connectivity index (χ1) is 4.98. The zero-order valence-electron chi connectivity index (χ0n) is 5.60. The van der Waals surface area contributed by atoms with Crippen LogP contribution in [-0.2, 0) is 9.63 Å². The van der Waals surface area contributed by atoms with Crippen molar-refractivity contribution in [2.75, 3.05) is 6.61 Å². The van der Waals surface area contributed by atoms with Crippen molar-refractivity contribution in [3.63, 3.8) is 0 Å². The topological polar surface area (TPSA) is 38.7 Å². The molecule has 0 amide bonds. The van der Waals surface area contributed by atoms with Gasteiger partial charge in [-0.1, -0.05) is 5.16 Å². The van der Waals surface area contributed by atoms with E-state index in [0.29, 0.717) is 0 Å². The third kappa shape index (κ3) is 4.35. The van der Waals surface area contributed by atoms with Gasteiger partial charge in [-0.05, 0) is 6.92 Å². The molecule has 0 aliphatic rings. The van der Waals surface area contributed by atoms with Gasteiger partial charge < -0.3 is 4.84 Å². The van der Waals surface area contributed by atoms with Gasteiger partial charge in [-0.3, -0.25) is 4.79 Å². The van der Waals surface area contributed by atoms with Gasteiger partial charge in [0.1, 0.15) is 0 Å². The van der Waals surface area contributed by atoms with Gasteiger partial charge in [-0.15, -0.1) is 0 Å². The number of nitrogens with zero attached hydrogens (tertiary/aromatic N) is 1. The lowest BCUT2D eigenvalue weighted by Crippen LogP contribution is -2.19. The second-order valence-corrected chi connectivity index (χ2v) is 1.59. The van der Waals surface area contributed by atoms with Crippen LogP contribution in [0.1, 0.15) is 6.92 Å². The predicted molar refractivity (Wildman–Crippen MR) is 30.8 cm³/mol. The van der Waals surface area contributed by atoms with Gasteiger partial charge in [0.2, 0.25) is 6.29 Å². The Morgan fingerprint density at radius 3 is 2.55 bits per heavy atom. The first-order valence-corrected chi connectivity index (χ1v) is 2.57. The van der Waals surface area contributed by atoms with E-state index < -0.39 is 18.5 Å². The molecule has 0 aliphatic heterocycles. The van der Waals surface area contributed by atoms with E-state index in [1.165, 1.54) is 6.29 Å². The van der Waals surface area contributed by atoms with Crippen LogP contribution < -0.4 is 0 Å². The first kappa shape index (κ1) is 9.93. The van der Waals surface area contributed by atoms with Crippen molar-refractivity contribution in [3.8, 4) is 0 Å². The Kier molecular flexibility index (Phi) is 3.56. The molecule has 1 radical (unpaired) electrons. The molecule has 0 saturated carbocycles. The number of rotatable bonds is 3. The van der Waals surface area contributed by atoms with E-state index in [-0.39, 0.29) is 0 Å². The summed E-state index contributed by atoms with van der Waals surface area (Å²) in [5.41, 5.74) is -1.13. The molecule has 0 N–H and O–H groups in total. The lowest BCUT2D eigenvalue weighted by molar-refractivity contribution is -0.0623. The fourth-order valence-electron chi connectivity index (χ4n) is 0.207. The Morgan fingerprint density at radius 2 is 2.18 bits per heavy atom. The third-order valence-electron chi connectivity index (χ3n) is 0.735. The van der Waals surface area contributed by atoms with Crippen molar-refractivity contribution < 1.29 is 22.8 Å². The van der Waals surface area contributed by atoms with Crippen LogP contribution in [0.5, 0.6) is 0 Å². The van der Waals surface area contributed by atoms with Crippen molar-refractivity contribution in [3.05, 3.63) is 0 Å². The lowest BCUT2D eigenvalue weighted by atomic mass is 10.4. The number of oxime groups is 1. The molecular weight excluding hydrogens is 163 g/mol. The molecular formula is C5H5F3NO2. The Morgan fingerprint density at radius 1 is 1.64 bits per heavy atom. The van der Waals surface area contributed by atoms with E-state index in [2.05, 4.69) is 9.99 Å². The van der Waals surface area contributed by atoms with Gasteiger partial charge in [-0.2, -0.15) is 13.2 Å². The Labute approximate surface area is 60.8 Å². The molecule has 0 spiro atoms. The van der Waals surface area contributed by atoms with E-state index in [9.17, 15) is 18.0 Å². The van der Waals surface area contributed by atoms with Crippen LogP contribution in [0.25, 0.3) is 0 Å². The molecule has 0 rings (SSSR count). The highest BCUT2D eigenvalue weighted by Gasteiger charge is 2.32. The summed E-state index contributed by atoms with van der Waals surface area (Å²) in [6.07, 6.45) is -3.27. The Balaban J connectivity index is 3.90. The normalized spacial score (nSPS) is 12.9. The molecule has 11 heavy (non-hydrogen) atoms. The van der Waals surface area contributed by atoms with Gasteiger partial charge >= 0.3 is 6.18 Å². The molecule has 63 valence electrons. The van der Waals surface area contributed by atoms with Crippen LogP contribution >= 0.6 is 0 Å². The van der Waals surface area contributed by atoms with Gasteiger partial charge in [0.15, 0.2) is 12.3 Å². The average molecular weight is 168 g/mol. The molecule has 0 fully saturated rings. The maximum atomic E-state index is 11.6. The number of hydrogen-bond acceptors (Lipinski definition) is 3. The Hall–Kier alpha value is -1.07. The van der Waals surface area contributed by atoms with Crippen molar-refractivity contribution in [2.45, 2.75) is 13.1 Å². The minimum Gasteiger partial charge on any atom is -0.387 e. The molecule has 0 atom stereocenters. The summed E-state index contributed by atoms with van der Waals surface area (Å²) in [5, 5.41) is 2.61. The van der Waals surface area contributed by atoms with E-state index in [4.69, 9.17) is 0 Å². The van der Waals surface area contributed by atoms with Crippen LogP contribution in [-0.4, -0.2) is 24.8 Å². The Bertz CT molecular complexity index is 164. The first-order valence-electron chi connectivity index (χ1n) is 2.57. The summed E-state index contributed by atoms with van der Waals surface area (Å²) in [7, 11) is 0. The summed E-state index contributed by atoms with van der Waals surface area (Å²) in [6.45, 7) is 0.151. The van der Waals surface area contributed by atoms with E-state index >= 15 is 0 Å². The van der Waals surface area contributed by atoms with E-state index in [0.717, 1.165) is 6.92 Å². The van der Waals surface area contributed by atoms with Crippen LogP contribution in [0.2, 0.25) is 0 Å². The number of halogens is 3. The largest absolute Gasteiger partial charge is 0.432 e.